The summed E-state index contributed by atoms with van der Waals surface area (Å²) in [5.41, 5.74) is -6.48. The normalized spacial score (nSPS) is 21.9. The molecule has 0 aromatic heterocycles. The number of halogens is 6. The largest absolute Gasteiger partial charge is 0.442 e. The predicted molar refractivity (Wildman–Crippen MR) is 51.6 cm³/mol. The molecule has 0 aliphatic carbocycles. The molecule has 0 unspecified atom stereocenters. The molecule has 0 N–H and O–H groups in total. The van der Waals surface area contributed by atoms with E-state index in [9.17, 15) is 26.3 Å². The number of nitrogens with zero attached hydrogens (tertiary/aromatic N) is 4. The van der Waals surface area contributed by atoms with E-state index in [4.69, 9.17) is 0 Å². The summed E-state index contributed by atoms with van der Waals surface area (Å²) in [6.45, 7) is 0. The van der Waals surface area contributed by atoms with E-state index in [1.807, 2.05) is 0 Å². The second-order valence-corrected chi connectivity index (χ2v) is 4.32. The Morgan fingerprint density at radius 2 is 1.05 bits per heavy atom. The van der Waals surface area contributed by atoms with Gasteiger partial charge in [0.15, 0.2) is 0 Å². The second-order valence-electron chi connectivity index (χ2n) is 4.32. The van der Waals surface area contributed by atoms with Crippen LogP contribution in [0.15, 0.2) is 44.7 Å². The lowest BCUT2D eigenvalue weighted by atomic mass is 9.95. The highest BCUT2D eigenvalue weighted by Crippen LogP contribution is 2.55. The summed E-state index contributed by atoms with van der Waals surface area (Å²) in [6.07, 6.45) is -9.59. The van der Waals surface area contributed by atoms with Gasteiger partial charge in [-0.2, -0.15) is 26.3 Å². The molecule has 0 radical (unpaired) electrons. The Kier molecular flexibility index (Phi) is 2.18. The first-order valence-electron chi connectivity index (χ1n) is 5.25. The molecule has 0 bridgehead atoms. The van der Waals surface area contributed by atoms with E-state index in [1.54, 1.807) is 0 Å². The van der Waals surface area contributed by atoms with E-state index in [0.717, 1.165) is 24.3 Å². The molecule has 2 aliphatic rings. The van der Waals surface area contributed by atoms with Crippen molar-refractivity contribution in [1.29, 1.82) is 0 Å². The van der Waals surface area contributed by atoms with Crippen LogP contribution in [0.25, 0.3) is 0 Å². The zero-order valence-corrected chi connectivity index (χ0v) is 9.37. The van der Waals surface area contributed by atoms with E-state index in [0.29, 0.717) is 0 Å². The van der Waals surface area contributed by atoms with Gasteiger partial charge in [-0.05, 0) is 6.07 Å². The Balaban J connectivity index is 2.01. The van der Waals surface area contributed by atoms with Crippen LogP contribution in [-0.2, 0) is 11.3 Å². The average molecular weight is 294 g/mol. The summed E-state index contributed by atoms with van der Waals surface area (Å²) in [6, 6.07) is 3.84. The standard InChI is InChI=1S/C10H4F6N4/c11-9(12,13)7(17-18-7)5-2-1-3-6(4-5)8(19-20-8)10(14,15)16/h1-4H. The van der Waals surface area contributed by atoms with Gasteiger partial charge in [-0.3, -0.25) is 0 Å². The highest BCUT2D eigenvalue weighted by molar-refractivity contribution is 5.38. The van der Waals surface area contributed by atoms with E-state index in [1.165, 1.54) is 0 Å². The zero-order valence-electron chi connectivity index (χ0n) is 9.37. The Morgan fingerprint density at radius 1 is 0.700 bits per heavy atom. The zero-order chi connectivity index (χ0) is 14.8. The fourth-order valence-corrected chi connectivity index (χ4v) is 1.84. The molecule has 10 heteroatoms. The summed E-state index contributed by atoms with van der Waals surface area (Å²) in [5, 5.41) is 11.8. The minimum atomic E-state index is -4.80. The molecule has 1 aromatic carbocycles. The lowest BCUT2D eigenvalue weighted by molar-refractivity contribution is -0.167. The van der Waals surface area contributed by atoms with Gasteiger partial charge in [-0.25, -0.2) is 0 Å². The molecule has 0 atom stereocenters. The Bertz CT molecular complexity index is 566. The van der Waals surface area contributed by atoms with Crippen LogP contribution in [0.1, 0.15) is 11.1 Å². The van der Waals surface area contributed by atoms with Crippen LogP contribution < -0.4 is 0 Å². The van der Waals surface area contributed by atoms with Crippen LogP contribution in [0, 0.1) is 0 Å². The quantitative estimate of drug-likeness (QED) is 0.739. The van der Waals surface area contributed by atoms with Gasteiger partial charge in [0.1, 0.15) is 0 Å². The molecule has 4 nitrogen and oxygen atoms in total. The fourth-order valence-electron chi connectivity index (χ4n) is 1.84. The van der Waals surface area contributed by atoms with Crippen molar-refractivity contribution in [1.82, 2.24) is 0 Å². The number of hydrogen-bond donors (Lipinski definition) is 0. The van der Waals surface area contributed by atoms with Crippen LogP contribution in [0.2, 0.25) is 0 Å². The number of rotatable bonds is 2. The molecule has 0 saturated heterocycles. The van der Waals surface area contributed by atoms with Crippen molar-refractivity contribution in [3.05, 3.63) is 35.4 Å². The van der Waals surface area contributed by atoms with Crippen LogP contribution in [0.3, 0.4) is 0 Å². The van der Waals surface area contributed by atoms with Gasteiger partial charge in [-0.15, -0.1) is 20.5 Å². The van der Waals surface area contributed by atoms with Gasteiger partial charge < -0.3 is 0 Å². The average Bonchev–Trinajstić information content (AvgIpc) is 3.20. The highest BCUT2D eigenvalue weighted by atomic mass is 19.4. The van der Waals surface area contributed by atoms with Gasteiger partial charge in [0, 0.05) is 11.1 Å². The summed E-state index contributed by atoms with van der Waals surface area (Å²) in [5.74, 6) is 0. The molecule has 3 rings (SSSR count). The van der Waals surface area contributed by atoms with Gasteiger partial charge in [-0.1, -0.05) is 18.2 Å². The van der Waals surface area contributed by atoms with Crippen molar-refractivity contribution < 1.29 is 26.3 Å². The monoisotopic (exact) mass is 294 g/mol. The van der Waals surface area contributed by atoms with Crippen molar-refractivity contribution in [2.24, 2.45) is 20.5 Å². The molecule has 2 heterocycles. The number of hydrogen-bond acceptors (Lipinski definition) is 4. The van der Waals surface area contributed by atoms with Crippen molar-refractivity contribution in [3.63, 3.8) is 0 Å². The fraction of sp³-hybridized carbons (Fsp3) is 0.400. The molecule has 20 heavy (non-hydrogen) atoms. The van der Waals surface area contributed by atoms with Gasteiger partial charge in [0.05, 0.1) is 0 Å². The third-order valence-electron chi connectivity index (χ3n) is 3.06. The number of benzene rings is 1. The molecule has 0 spiro atoms. The van der Waals surface area contributed by atoms with Crippen LogP contribution in [0.4, 0.5) is 26.3 Å². The lowest BCUT2D eigenvalue weighted by Crippen LogP contribution is -2.32. The predicted octanol–water partition coefficient (Wildman–Crippen LogP) is 4.05. The van der Waals surface area contributed by atoms with E-state index < -0.39 is 34.8 Å². The molecule has 0 saturated carbocycles. The molecule has 1 aromatic rings. The third-order valence-corrected chi connectivity index (χ3v) is 3.06. The van der Waals surface area contributed by atoms with Crippen molar-refractivity contribution in [2.45, 2.75) is 23.7 Å². The maximum Gasteiger partial charge on any atom is 0.442 e. The van der Waals surface area contributed by atoms with Crippen molar-refractivity contribution in [3.8, 4) is 0 Å². The van der Waals surface area contributed by atoms with Crippen molar-refractivity contribution in [2.75, 3.05) is 0 Å². The van der Waals surface area contributed by atoms with Crippen LogP contribution in [0.5, 0.6) is 0 Å². The summed E-state index contributed by atoms with van der Waals surface area (Å²) >= 11 is 0. The van der Waals surface area contributed by atoms with Gasteiger partial charge in [0.2, 0.25) is 0 Å². The topological polar surface area (TPSA) is 49.4 Å². The van der Waals surface area contributed by atoms with Gasteiger partial charge in [0.25, 0.3) is 0 Å². The highest BCUT2D eigenvalue weighted by Gasteiger charge is 2.67. The van der Waals surface area contributed by atoms with Crippen LogP contribution >= 0.6 is 0 Å². The number of alkyl halides is 6. The Hall–Kier alpha value is -2.00. The van der Waals surface area contributed by atoms with E-state index in [2.05, 4.69) is 20.5 Å². The summed E-state index contributed by atoms with van der Waals surface area (Å²) in [4.78, 5) is 0. The van der Waals surface area contributed by atoms with Gasteiger partial charge >= 0.3 is 23.7 Å². The minimum absolute atomic E-state index is 0.483. The maximum absolute atomic E-state index is 12.8. The second kappa shape index (κ2) is 3.36. The third kappa shape index (κ3) is 1.56. The SMILES string of the molecule is FC(F)(F)C1(c2cccc(C3(C(F)(F)F)N=N3)c2)N=N1. The van der Waals surface area contributed by atoms with Crippen molar-refractivity contribution >= 4 is 0 Å². The Morgan fingerprint density at radius 3 is 1.30 bits per heavy atom. The van der Waals surface area contributed by atoms with E-state index >= 15 is 0 Å². The smallest absolute Gasteiger partial charge is 0.166 e. The molecular formula is C10H4F6N4. The first kappa shape index (κ1) is 13.0. The van der Waals surface area contributed by atoms with Crippen LogP contribution in [-0.4, -0.2) is 12.4 Å². The Labute approximate surface area is 107 Å². The first-order valence-corrected chi connectivity index (χ1v) is 5.25. The lowest BCUT2D eigenvalue weighted by Gasteiger charge is -2.18. The first-order chi connectivity index (χ1) is 9.12. The summed E-state index contributed by atoms with van der Waals surface area (Å²) in [7, 11) is 0. The van der Waals surface area contributed by atoms with E-state index in [-0.39, 0.29) is 0 Å². The molecule has 2 aliphatic heterocycles. The minimum Gasteiger partial charge on any atom is -0.166 e. The molecule has 0 amide bonds. The molecular weight excluding hydrogens is 290 g/mol. The molecule has 106 valence electrons. The molecule has 0 fully saturated rings. The maximum atomic E-state index is 12.8. The summed E-state index contributed by atoms with van der Waals surface area (Å²) < 4.78 is 76.8.